The number of carbonyl (C=O) groups excluding carboxylic acids is 4. The van der Waals surface area contributed by atoms with Gasteiger partial charge in [0.2, 0.25) is 23.6 Å². The van der Waals surface area contributed by atoms with Crippen molar-refractivity contribution in [1.82, 2.24) is 21.3 Å². The van der Waals surface area contributed by atoms with Gasteiger partial charge in [0, 0.05) is 12.8 Å². The molecule has 0 rings (SSSR count). The van der Waals surface area contributed by atoms with Crippen molar-refractivity contribution >= 4 is 53.5 Å². The monoisotopic (exact) mass is 634 g/mol. The number of carboxylic acids is 5. The predicted molar refractivity (Wildman–Crippen MR) is 144 cm³/mol. The lowest BCUT2D eigenvalue weighted by Gasteiger charge is -2.26. The fourth-order valence-electron chi connectivity index (χ4n) is 3.58. The van der Waals surface area contributed by atoms with E-state index < -0.39 is 122 Å². The number of hydrogen-bond donors (Lipinski definition) is 11. The van der Waals surface area contributed by atoms with E-state index in [1.807, 2.05) is 5.32 Å². The van der Waals surface area contributed by atoms with Crippen LogP contribution in [0.5, 0.6) is 0 Å². The van der Waals surface area contributed by atoms with Crippen molar-refractivity contribution in [2.24, 2.45) is 11.5 Å². The second-order valence-electron chi connectivity index (χ2n) is 9.53. The number of rotatable bonds is 23. The second-order valence-corrected chi connectivity index (χ2v) is 9.53. The molecule has 0 unspecified atom stereocenters. The molecule has 0 aliphatic carbocycles. The topological polar surface area (TPSA) is 355 Å². The Labute approximate surface area is 249 Å². The van der Waals surface area contributed by atoms with Crippen molar-refractivity contribution in [3.05, 3.63) is 0 Å². The lowest BCUT2D eigenvalue weighted by molar-refractivity contribution is -0.143. The molecule has 0 fully saturated rings. The number of carboxylic acid groups (broad SMARTS) is 5. The molecule has 4 amide bonds. The van der Waals surface area contributed by atoms with Crippen molar-refractivity contribution < 1.29 is 68.7 Å². The molecule has 20 heteroatoms. The fourth-order valence-corrected chi connectivity index (χ4v) is 3.58. The predicted octanol–water partition coefficient (Wildman–Crippen LogP) is -3.85. The van der Waals surface area contributed by atoms with Crippen LogP contribution in [0.25, 0.3) is 0 Å². The summed E-state index contributed by atoms with van der Waals surface area (Å²) in [7, 11) is 0. The van der Waals surface area contributed by atoms with Gasteiger partial charge < -0.3 is 58.3 Å². The number of nitrogens with one attached hydrogen (secondary N) is 4. The quantitative estimate of drug-likeness (QED) is 0.0479. The van der Waals surface area contributed by atoms with Gasteiger partial charge in [0.1, 0.15) is 24.2 Å². The standard InChI is InChI=1S/C24H38N6O14/c25-8-2-1-3-14(24(43)44)29-22(41)13(5-7-17(33)34)27-21(40)12(4-6-16(31)32)28-23(42)15(10-19(37)38)30-20(39)11(26)9-18(35)36/h11-15H,1-10,25-26H2,(H,27,40)(H,28,42)(H,29,41)(H,30,39)(H,31,32)(H,33,34)(H,35,36)(H,37,38)(H,43,44)/t11-,12-,13-,14-,15-/m0/s1. The van der Waals surface area contributed by atoms with Gasteiger partial charge in [-0.2, -0.15) is 0 Å². The van der Waals surface area contributed by atoms with Gasteiger partial charge in [-0.05, 0) is 38.6 Å². The zero-order chi connectivity index (χ0) is 34.0. The highest BCUT2D eigenvalue weighted by Gasteiger charge is 2.33. The van der Waals surface area contributed by atoms with Gasteiger partial charge >= 0.3 is 29.8 Å². The maximum Gasteiger partial charge on any atom is 0.326 e. The van der Waals surface area contributed by atoms with E-state index in [2.05, 4.69) is 16.0 Å². The van der Waals surface area contributed by atoms with E-state index in [-0.39, 0.29) is 13.0 Å². The van der Waals surface area contributed by atoms with Gasteiger partial charge in [-0.25, -0.2) is 4.79 Å². The van der Waals surface area contributed by atoms with Crippen LogP contribution < -0.4 is 32.7 Å². The molecular formula is C24H38N6O14. The fraction of sp³-hybridized carbons (Fsp3) is 0.625. The Morgan fingerprint density at radius 1 is 0.500 bits per heavy atom. The maximum atomic E-state index is 13.1. The zero-order valence-corrected chi connectivity index (χ0v) is 23.5. The van der Waals surface area contributed by atoms with Crippen LogP contribution in [0.3, 0.4) is 0 Å². The van der Waals surface area contributed by atoms with Crippen molar-refractivity contribution in [1.29, 1.82) is 0 Å². The highest BCUT2D eigenvalue weighted by molar-refractivity contribution is 5.97. The Balaban J connectivity index is 6.00. The average molecular weight is 635 g/mol. The van der Waals surface area contributed by atoms with Gasteiger partial charge in [-0.1, -0.05) is 0 Å². The van der Waals surface area contributed by atoms with Crippen molar-refractivity contribution in [3.8, 4) is 0 Å². The van der Waals surface area contributed by atoms with Gasteiger partial charge in [-0.15, -0.1) is 0 Å². The highest BCUT2D eigenvalue weighted by atomic mass is 16.4. The molecule has 0 radical (unpaired) electrons. The minimum atomic E-state index is -1.91. The summed E-state index contributed by atoms with van der Waals surface area (Å²) in [6, 6.07) is -8.45. The average Bonchev–Trinajstić information content (AvgIpc) is 2.90. The SMILES string of the molecule is NCCCC[C@H](NC(=O)[C@H](CCC(=O)O)NC(=O)[C@H](CCC(=O)O)NC(=O)[C@H](CC(=O)O)NC(=O)[C@@H](N)CC(=O)O)C(=O)O. The van der Waals surface area contributed by atoms with Crippen LogP contribution in [0.15, 0.2) is 0 Å². The molecule has 0 aromatic heterocycles. The highest BCUT2D eigenvalue weighted by Crippen LogP contribution is 2.07. The lowest BCUT2D eigenvalue weighted by Crippen LogP contribution is -2.58. The van der Waals surface area contributed by atoms with Gasteiger partial charge in [0.15, 0.2) is 0 Å². The number of hydrogen-bond acceptors (Lipinski definition) is 11. The minimum absolute atomic E-state index is 0.0397. The molecule has 13 N–H and O–H groups in total. The van der Waals surface area contributed by atoms with Crippen LogP contribution in [0.4, 0.5) is 0 Å². The summed E-state index contributed by atoms with van der Waals surface area (Å²) in [5.41, 5.74) is 10.8. The molecule has 0 spiro atoms. The maximum absolute atomic E-state index is 13.1. The molecule has 5 atom stereocenters. The Bertz CT molecular complexity index is 1080. The molecule has 0 heterocycles. The Kier molecular flexibility index (Phi) is 17.9. The molecule has 0 saturated heterocycles. The first-order valence-corrected chi connectivity index (χ1v) is 13.3. The molecule has 0 aliphatic heterocycles. The molecule has 248 valence electrons. The normalized spacial score (nSPS) is 14.0. The largest absolute Gasteiger partial charge is 0.481 e. The second kappa shape index (κ2) is 20.1. The van der Waals surface area contributed by atoms with E-state index in [1.165, 1.54) is 0 Å². The van der Waals surface area contributed by atoms with Crippen LogP contribution in [-0.2, 0) is 43.2 Å². The Hall–Kier alpha value is -4.85. The smallest absolute Gasteiger partial charge is 0.326 e. The molecule has 44 heavy (non-hydrogen) atoms. The summed E-state index contributed by atoms with van der Waals surface area (Å²) < 4.78 is 0. The first-order chi connectivity index (χ1) is 20.5. The molecule has 0 saturated carbocycles. The molecule has 0 aromatic rings. The van der Waals surface area contributed by atoms with Crippen molar-refractivity contribution in [2.45, 2.75) is 88.0 Å². The van der Waals surface area contributed by atoms with Gasteiger partial charge in [0.25, 0.3) is 0 Å². The molecule has 0 aromatic carbocycles. The number of nitrogens with two attached hydrogens (primary N) is 2. The summed E-state index contributed by atoms with van der Waals surface area (Å²) in [4.78, 5) is 107. The first-order valence-electron chi connectivity index (χ1n) is 13.3. The minimum Gasteiger partial charge on any atom is -0.481 e. The van der Waals surface area contributed by atoms with Crippen LogP contribution in [0, 0.1) is 0 Å². The Morgan fingerprint density at radius 2 is 0.909 bits per heavy atom. The van der Waals surface area contributed by atoms with E-state index in [4.69, 9.17) is 31.9 Å². The van der Waals surface area contributed by atoms with E-state index in [0.29, 0.717) is 12.8 Å². The number of aliphatic carboxylic acids is 5. The molecule has 20 nitrogen and oxygen atoms in total. The third-order valence-electron chi connectivity index (χ3n) is 5.86. The summed E-state index contributed by atoms with van der Waals surface area (Å²) in [6.45, 7) is 0.257. The number of amides is 4. The van der Waals surface area contributed by atoms with Crippen LogP contribution in [0.2, 0.25) is 0 Å². The summed E-state index contributed by atoms with van der Waals surface area (Å²) >= 11 is 0. The van der Waals surface area contributed by atoms with E-state index in [1.54, 1.807) is 0 Å². The summed E-state index contributed by atoms with van der Waals surface area (Å²) in [6.07, 6.45) is -3.77. The third-order valence-corrected chi connectivity index (χ3v) is 5.86. The Morgan fingerprint density at radius 3 is 1.30 bits per heavy atom. The van der Waals surface area contributed by atoms with Crippen LogP contribution in [0.1, 0.15) is 57.8 Å². The van der Waals surface area contributed by atoms with E-state index in [9.17, 15) is 48.3 Å². The van der Waals surface area contributed by atoms with Gasteiger partial charge in [0.05, 0.1) is 18.9 Å². The number of unbranched alkanes of at least 4 members (excludes halogenated alkanes) is 1. The third kappa shape index (κ3) is 16.6. The zero-order valence-electron chi connectivity index (χ0n) is 23.5. The lowest BCUT2D eigenvalue weighted by atomic mass is 10.0. The van der Waals surface area contributed by atoms with Crippen LogP contribution >= 0.6 is 0 Å². The van der Waals surface area contributed by atoms with E-state index >= 15 is 0 Å². The van der Waals surface area contributed by atoms with E-state index in [0.717, 1.165) is 0 Å². The van der Waals surface area contributed by atoms with Crippen molar-refractivity contribution in [2.75, 3.05) is 6.54 Å². The summed E-state index contributed by atoms with van der Waals surface area (Å²) in [5.74, 6) is -12.1. The van der Waals surface area contributed by atoms with Crippen LogP contribution in [-0.4, -0.2) is 116 Å². The molecule has 0 bridgehead atoms. The molecule has 0 aliphatic rings. The summed E-state index contributed by atoms with van der Waals surface area (Å²) in [5, 5.41) is 53.9. The molecular weight excluding hydrogens is 596 g/mol. The van der Waals surface area contributed by atoms with Crippen molar-refractivity contribution in [3.63, 3.8) is 0 Å². The number of carbonyl (C=O) groups is 9. The first kappa shape index (κ1) is 39.1. The van der Waals surface area contributed by atoms with Gasteiger partial charge in [-0.3, -0.25) is 38.4 Å².